The molecular formula is C20H17N3O5. The predicted molar refractivity (Wildman–Crippen MR) is 102 cm³/mol. The first-order valence-electron chi connectivity index (χ1n) is 8.58. The zero-order valence-corrected chi connectivity index (χ0v) is 15.0. The van der Waals surface area contributed by atoms with Crippen molar-refractivity contribution in [1.29, 1.82) is 0 Å². The van der Waals surface area contributed by atoms with Crippen molar-refractivity contribution >= 4 is 10.9 Å². The maximum Gasteiger partial charge on any atom is 0.419 e. The SMILES string of the molecule is Cn1c(COc2ccc(Cc3oc(=O)[nH]c3O)cc2)nc2ccccc2c1=O. The van der Waals surface area contributed by atoms with Gasteiger partial charge in [0.1, 0.15) is 18.2 Å². The number of aromatic hydroxyl groups is 1. The largest absolute Gasteiger partial charge is 0.492 e. The van der Waals surface area contributed by atoms with Crippen molar-refractivity contribution in [2.45, 2.75) is 13.0 Å². The molecule has 0 aliphatic carbocycles. The summed E-state index contributed by atoms with van der Waals surface area (Å²) in [6.07, 6.45) is 0.269. The zero-order valence-electron chi connectivity index (χ0n) is 15.0. The highest BCUT2D eigenvalue weighted by atomic mass is 16.5. The summed E-state index contributed by atoms with van der Waals surface area (Å²) in [4.78, 5) is 30.2. The molecule has 0 radical (unpaired) electrons. The smallest absolute Gasteiger partial charge is 0.419 e. The summed E-state index contributed by atoms with van der Waals surface area (Å²) in [5.41, 5.74) is 1.35. The number of fused-ring (bicyclic) bond motifs is 1. The van der Waals surface area contributed by atoms with Crippen LogP contribution < -0.4 is 16.1 Å². The Morgan fingerprint density at radius 3 is 2.61 bits per heavy atom. The molecule has 28 heavy (non-hydrogen) atoms. The fourth-order valence-electron chi connectivity index (χ4n) is 2.90. The Morgan fingerprint density at radius 1 is 1.14 bits per heavy atom. The number of nitrogens with zero attached hydrogens (tertiary/aromatic N) is 2. The summed E-state index contributed by atoms with van der Waals surface area (Å²) in [7, 11) is 1.67. The summed E-state index contributed by atoms with van der Waals surface area (Å²) in [6, 6.07) is 14.3. The zero-order chi connectivity index (χ0) is 19.7. The number of para-hydroxylation sites is 1. The average molecular weight is 379 g/mol. The Morgan fingerprint density at radius 2 is 1.89 bits per heavy atom. The van der Waals surface area contributed by atoms with E-state index in [1.807, 2.05) is 12.1 Å². The molecule has 2 N–H and O–H groups in total. The van der Waals surface area contributed by atoms with E-state index in [0.717, 1.165) is 5.56 Å². The van der Waals surface area contributed by atoms with E-state index in [2.05, 4.69) is 9.97 Å². The van der Waals surface area contributed by atoms with Crippen LogP contribution >= 0.6 is 0 Å². The maximum atomic E-state index is 12.4. The molecule has 0 fully saturated rings. The molecule has 4 rings (SSSR count). The molecule has 8 nitrogen and oxygen atoms in total. The third kappa shape index (κ3) is 3.39. The van der Waals surface area contributed by atoms with E-state index in [1.54, 1.807) is 43.4 Å². The van der Waals surface area contributed by atoms with Gasteiger partial charge in [0, 0.05) is 13.5 Å². The average Bonchev–Trinajstić information content (AvgIpc) is 3.01. The van der Waals surface area contributed by atoms with Crippen molar-refractivity contribution in [2.24, 2.45) is 7.05 Å². The summed E-state index contributed by atoms with van der Waals surface area (Å²) >= 11 is 0. The van der Waals surface area contributed by atoms with Crippen LogP contribution in [0.25, 0.3) is 10.9 Å². The van der Waals surface area contributed by atoms with Crippen LogP contribution in [-0.2, 0) is 20.1 Å². The van der Waals surface area contributed by atoms with Gasteiger partial charge in [-0.25, -0.2) is 9.78 Å². The standard InChI is InChI=1S/C20H17N3O5/c1-23-17(21-15-5-3-2-4-14(15)19(23)25)11-27-13-8-6-12(7-9-13)10-16-18(24)22-20(26)28-16/h2-9,24H,10-11H2,1H3,(H,22,26). The number of oxazole rings is 1. The first-order valence-corrected chi connectivity index (χ1v) is 8.58. The van der Waals surface area contributed by atoms with Gasteiger partial charge in [-0.05, 0) is 29.8 Å². The van der Waals surface area contributed by atoms with E-state index in [1.165, 1.54) is 4.57 Å². The number of aromatic nitrogens is 3. The second-order valence-corrected chi connectivity index (χ2v) is 6.31. The lowest BCUT2D eigenvalue weighted by Gasteiger charge is -2.11. The second-order valence-electron chi connectivity index (χ2n) is 6.31. The number of hydrogen-bond acceptors (Lipinski definition) is 6. The summed E-state index contributed by atoms with van der Waals surface area (Å²) < 4.78 is 12.1. The lowest BCUT2D eigenvalue weighted by atomic mass is 10.1. The molecule has 0 bridgehead atoms. The Hall–Kier alpha value is -3.81. The third-order valence-electron chi connectivity index (χ3n) is 4.43. The van der Waals surface area contributed by atoms with Crippen molar-refractivity contribution in [3.8, 4) is 11.6 Å². The molecule has 0 unspecified atom stereocenters. The van der Waals surface area contributed by atoms with Gasteiger partial charge in [-0.1, -0.05) is 24.3 Å². The monoisotopic (exact) mass is 379 g/mol. The molecule has 0 atom stereocenters. The van der Waals surface area contributed by atoms with Gasteiger partial charge in [-0.15, -0.1) is 0 Å². The first-order chi connectivity index (χ1) is 13.5. The second kappa shape index (κ2) is 7.07. The number of aromatic amines is 1. The Labute approximate surface area is 158 Å². The number of H-pyrrole nitrogens is 1. The molecule has 142 valence electrons. The number of nitrogens with one attached hydrogen (secondary N) is 1. The maximum absolute atomic E-state index is 12.4. The fraction of sp³-hybridized carbons (Fsp3) is 0.150. The molecule has 4 aromatic rings. The molecule has 0 saturated heterocycles. The van der Waals surface area contributed by atoms with E-state index in [0.29, 0.717) is 22.5 Å². The van der Waals surface area contributed by atoms with E-state index in [9.17, 15) is 14.7 Å². The minimum absolute atomic E-state index is 0.118. The van der Waals surface area contributed by atoms with E-state index in [-0.39, 0.29) is 30.2 Å². The third-order valence-corrected chi connectivity index (χ3v) is 4.43. The lowest BCUT2D eigenvalue weighted by Crippen LogP contribution is -2.23. The number of benzene rings is 2. The Kier molecular flexibility index (Phi) is 4.44. The van der Waals surface area contributed by atoms with Gasteiger partial charge in [0.15, 0.2) is 5.76 Å². The number of hydrogen-bond donors (Lipinski definition) is 2. The number of rotatable bonds is 5. The Balaban J connectivity index is 1.49. The van der Waals surface area contributed by atoms with Gasteiger partial charge in [0.2, 0.25) is 5.88 Å². The van der Waals surface area contributed by atoms with Crippen LogP contribution in [0, 0.1) is 0 Å². The fourth-order valence-corrected chi connectivity index (χ4v) is 2.90. The van der Waals surface area contributed by atoms with Crippen LogP contribution in [0.15, 0.2) is 62.5 Å². The quantitative estimate of drug-likeness (QED) is 0.549. The molecule has 0 aliphatic rings. The lowest BCUT2D eigenvalue weighted by molar-refractivity contribution is 0.289. The van der Waals surface area contributed by atoms with E-state index < -0.39 is 5.76 Å². The van der Waals surface area contributed by atoms with Crippen molar-refractivity contribution in [3.05, 3.63) is 86.6 Å². The van der Waals surface area contributed by atoms with Gasteiger partial charge in [-0.3, -0.25) is 14.3 Å². The van der Waals surface area contributed by atoms with Gasteiger partial charge in [0.25, 0.3) is 5.56 Å². The molecule has 0 saturated carbocycles. The minimum atomic E-state index is -0.694. The molecule has 8 heteroatoms. The molecule has 2 aromatic carbocycles. The highest BCUT2D eigenvalue weighted by Crippen LogP contribution is 2.19. The molecule has 2 heterocycles. The highest BCUT2D eigenvalue weighted by molar-refractivity contribution is 5.77. The molecule has 0 spiro atoms. The van der Waals surface area contributed by atoms with Crippen molar-refractivity contribution in [1.82, 2.24) is 14.5 Å². The molecular weight excluding hydrogens is 362 g/mol. The van der Waals surface area contributed by atoms with E-state index in [4.69, 9.17) is 9.15 Å². The van der Waals surface area contributed by atoms with Crippen LogP contribution in [0.3, 0.4) is 0 Å². The highest BCUT2D eigenvalue weighted by Gasteiger charge is 2.11. The Bertz CT molecular complexity index is 1250. The summed E-state index contributed by atoms with van der Waals surface area (Å²) in [5.74, 6) is 0.335. The first kappa shape index (κ1) is 17.6. The van der Waals surface area contributed by atoms with Crippen LogP contribution in [0.1, 0.15) is 17.1 Å². The number of ether oxygens (including phenoxy) is 1. The summed E-state index contributed by atoms with van der Waals surface area (Å²) in [5, 5.41) is 10.1. The normalized spacial score (nSPS) is 11.0. The topological polar surface area (TPSA) is 110 Å². The van der Waals surface area contributed by atoms with Gasteiger partial charge >= 0.3 is 5.76 Å². The van der Waals surface area contributed by atoms with Crippen molar-refractivity contribution in [2.75, 3.05) is 0 Å². The van der Waals surface area contributed by atoms with Crippen LogP contribution in [0.4, 0.5) is 0 Å². The van der Waals surface area contributed by atoms with Crippen LogP contribution in [0.2, 0.25) is 0 Å². The van der Waals surface area contributed by atoms with Crippen molar-refractivity contribution < 1.29 is 14.3 Å². The molecule has 0 aliphatic heterocycles. The predicted octanol–water partition coefficient (Wildman–Crippen LogP) is 2.09. The minimum Gasteiger partial charge on any atom is -0.492 e. The summed E-state index contributed by atoms with van der Waals surface area (Å²) in [6.45, 7) is 0.142. The molecule has 2 aromatic heterocycles. The molecule has 0 amide bonds. The van der Waals surface area contributed by atoms with Gasteiger partial charge in [-0.2, -0.15) is 0 Å². The van der Waals surface area contributed by atoms with Gasteiger partial charge in [0.05, 0.1) is 10.9 Å². The van der Waals surface area contributed by atoms with E-state index >= 15 is 0 Å². The van der Waals surface area contributed by atoms with Crippen LogP contribution in [0.5, 0.6) is 11.6 Å². The van der Waals surface area contributed by atoms with Gasteiger partial charge < -0.3 is 14.3 Å². The van der Waals surface area contributed by atoms with Crippen LogP contribution in [-0.4, -0.2) is 19.6 Å². The van der Waals surface area contributed by atoms with Crippen molar-refractivity contribution in [3.63, 3.8) is 0 Å².